The summed E-state index contributed by atoms with van der Waals surface area (Å²) >= 11 is 1.31. The molecule has 1 atom stereocenters. The maximum atomic E-state index is 12.6. The quantitative estimate of drug-likeness (QED) is 0.784. The molecule has 0 bridgehead atoms. The Morgan fingerprint density at radius 3 is 2.85 bits per heavy atom. The van der Waals surface area contributed by atoms with Crippen molar-refractivity contribution in [2.45, 2.75) is 17.4 Å². The Morgan fingerprint density at radius 1 is 1.45 bits per heavy atom. The van der Waals surface area contributed by atoms with Gasteiger partial charge >= 0.3 is 0 Å². The summed E-state index contributed by atoms with van der Waals surface area (Å²) < 4.78 is 0. The number of thioether (sulfide) groups is 1. The number of primary amides is 1. The van der Waals surface area contributed by atoms with Gasteiger partial charge in [-0.15, -0.1) is 11.8 Å². The molecule has 0 saturated carbocycles. The molecular formula is C14H19N3O2S. The van der Waals surface area contributed by atoms with Gasteiger partial charge in [0.25, 0.3) is 5.91 Å². The van der Waals surface area contributed by atoms with Crippen molar-refractivity contribution in [3.05, 3.63) is 29.8 Å². The summed E-state index contributed by atoms with van der Waals surface area (Å²) in [6.45, 7) is 1.78. The third-order valence-corrected chi connectivity index (χ3v) is 4.49. The highest BCUT2D eigenvalue weighted by Crippen LogP contribution is 2.24. The zero-order valence-electron chi connectivity index (χ0n) is 11.5. The number of hydrogen-bond acceptors (Lipinski definition) is 4. The van der Waals surface area contributed by atoms with Crippen LogP contribution >= 0.6 is 11.8 Å². The van der Waals surface area contributed by atoms with Crippen molar-refractivity contribution < 1.29 is 9.59 Å². The highest BCUT2D eigenvalue weighted by Gasteiger charge is 2.25. The van der Waals surface area contributed by atoms with Crippen molar-refractivity contribution >= 4 is 23.6 Å². The van der Waals surface area contributed by atoms with Crippen molar-refractivity contribution in [3.8, 4) is 0 Å². The Kier molecular flexibility index (Phi) is 5.03. The molecule has 3 N–H and O–H groups in total. The molecule has 0 radical (unpaired) electrons. The number of nitrogens with zero attached hydrogens (tertiary/aromatic N) is 1. The number of carbonyl (C=O) groups is 2. The number of benzene rings is 1. The Bertz CT molecular complexity index is 501. The second-order valence-corrected chi connectivity index (χ2v) is 5.83. The lowest BCUT2D eigenvalue weighted by Crippen LogP contribution is -2.38. The first-order valence-corrected chi connectivity index (χ1v) is 7.56. The Balaban J connectivity index is 2.13. The van der Waals surface area contributed by atoms with Crippen LogP contribution in [0.3, 0.4) is 0 Å². The van der Waals surface area contributed by atoms with E-state index in [0.29, 0.717) is 5.56 Å². The SMILES string of the molecule is CN(C(=O)c1ccccc1SCC(N)=O)C1CCNC1. The van der Waals surface area contributed by atoms with E-state index in [1.54, 1.807) is 11.0 Å². The summed E-state index contributed by atoms with van der Waals surface area (Å²) in [5.74, 6) is -0.212. The predicted octanol–water partition coefficient (Wildman–Crippen LogP) is 0.698. The first kappa shape index (κ1) is 14.9. The Hall–Kier alpha value is -1.53. The van der Waals surface area contributed by atoms with Crippen LogP contribution in [0.4, 0.5) is 0 Å². The van der Waals surface area contributed by atoms with Crippen LogP contribution in [0.15, 0.2) is 29.2 Å². The minimum atomic E-state index is -0.384. The molecule has 0 spiro atoms. The third-order valence-electron chi connectivity index (χ3n) is 3.39. The molecule has 2 rings (SSSR count). The number of amides is 2. The van der Waals surface area contributed by atoms with E-state index < -0.39 is 0 Å². The highest BCUT2D eigenvalue weighted by atomic mass is 32.2. The third kappa shape index (κ3) is 3.52. The average Bonchev–Trinajstić information content (AvgIpc) is 2.98. The largest absolute Gasteiger partial charge is 0.369 e. The van der Waals surface area contributed by atoms with E-state index in [2.05, 4.69) is 5.32 Å². The topological polar surface area (TPSA) is 75.4 Å². The number of rotatable bonds is 5. The molecule has 1 aromatic rings. The number of carbonyl (C=O) groups excluding carboxylic acids is 2. The van der Waals surface area contributed by atoms with E-state index >= 15 is 0 Å². The van der Waals surface area contributed by atoms with Gasteiger partial charge in [0.15, 0.2) is 0 Å². The standard InChI is InChI=1S/C14H19N3O2S/c1-17(10-6-7-16-8-10)14(19)11-4-2-3-5-12(11)20-9-13(15)18/h2-5,10,16H,6-9H2,1H3,(H2,15,18). The average molecular weight is 293 g/mol. The second kappa shape index (κ2) is 6.76. The molecule has 1 aromatic carbocycles. The van der Waals surface area contributed by atoms with E-state index in [1.807, 2.05) is 25.2 Å². The molecule has 1 unspecified atom stereocenters. The van der Waals surface area contributed by atoms with Crippen molar-refractivity contribution in [2.75, 3.05) is 25.9 Å². The summed E-state index contributed by atoms with van der Waals surface area (Å²) in [7, 11) is 1.83. The number of nitrogens with one attached hydrogen (secondary N) is 1. The lowest BCUT2D eigenvalue weighted by molar-refractivity contribution is -0.115. The zero-order chi connectivity index (χ0) is 14.5. The fraction of sp³-hybridized carbons (Fsp3) is 0.429. The van der Waals surface area contributed by atoms with Gasteiger partial charge in [-0.05, 0) is 25.1 Å². The first-order chi connectivity index (χ1) is 9.59. The van der Waals surface area contributed by atoms with E-state index in [1.165, 1.54) is 11.8 Å². The molecule has 2 amide bonds. The molecule has 1 fully saturated rings. The van der Waals surface area contributed by atoms with E-state index in [4.69, 9.17) is 5.73 Å². The van der Waals surface area contributed by atoms with Gasteiger partial charge in [-0.2, -0.15) is 0 Å². The van der Waals surface area contributed by atoms with Crippen molar-refractivity contribution in [1.82, 2.24) is 10.2 Å². The first-order valence-electron chi connectivity index (χ1n) is 6.57. The molecule has 0 aromatic heterocycles. The summed E-state index contributed by atoms with van der Waals surface area (Å²) in [6, 6.07) is 7.57. The van der Waals surface area contributed by atoms with Crippen LogP contribution in [-0.2, 0) is 4.79 Å². The fourth-order valence-corrected chi connectivity index (χ4v) is 3.03. The second-order valence-electron chi connectivity index (χ2n) is 4.81. The molecule has 1 heterocycles. The molecule has 20 heavy (non-hydrogen) atoms. The van der Waals surface area contributed by atoms with Crippen molar-refractivity contribution in [1.29, 1.82) is 0 Å². The number of hydrogen-bond donors (Lipinski definition) is 2. The van der Waals surface area contributed by atoms with Gasteiger partial charge in [-0.1, -0.05) is 12.1 Å². The van der Waals surface area contributed by atoms with Gasteiger partial charge in [-0.3, -0.25) is 9.59 Å². The van der Waals surface area contributed by atoms with Gasteiger partial charge in [0, 0.05) is 24.5 Å². The maximum Gasteiger partial charge on any atom is 0.255 e. The summed E-state index contributed by atoms with van der Waals surface area (Å²) in [6.07, 6.45) is 0.971. The smallest absolute Gasteiger partial charge is 0.255 e. The van der Waals surface area contributed by atoms with E-state index in [0.717, 1.165) is 24.4 Å². The van der Waals surface area contributed by atoms with Gasteiger partial charge in [-0.25, -0.2) is 0 Å². The van der Waals surface area contributed by atoms with Gasteiger partial charge in [0.05, 0.1) is 11.3 Å². The fourth-order valence-electron chi connectivity index (χ4n) is 2.24. The summed E-state index contributed by atoms with van der Waals surface area (Å²) in [5, 5.41) is 3.25. The molecule has 6 heteroatoms. The predicted molar refractivity (Wildman–Crippen MR) is 79.7 cm³/mol. The molecule has 1 aliphatic heterocycles. The summed E-state index contributed by atoms with van der Waals surface area (Å²) in [4.78, 5) is 26.0. The van der Waals surface area contributed by atoms with Crippen molar-refractivity contribution in [3.63, 3.8) is 0 Å². The minimum Gasteiger partial charge on any atom is -0.369 e. The molecule has 108 valence electrons. The number of likely N-dealkylation sites (N-methyl/N-ethyl adjacent to an activating group) is 1. The maximum absolute atomic E-state index is 12.6. The minimum absolute atomic E-state index is 0.00808. The molecule has 1 aliphatic rings. The van der Waals surface area contributed by atoms with Gasteiger partial charge in [0.2, 0.25) is 5.91 Å². The van der Waals surface area contributed by atoms with Gasteiger partial charge in [0.1, 0.15) is 0 Å². The highest BCUT2D eigenvalue weighted by molar-refractivity contribution is 8.00. The molecular weight excluding hydrogens is 274 g/mol. The molecule has 1 saturated heterocycles. The van der Waals surface area contributed by atoms with E-state index in [9.17, 15) is 9.59 Å². The van der Waals surface area contributed by atoms with Crippen LogP contribution in [0, 0.1) is 0 Å². The van der Waals surface area contributed by atoms with Crippen LogP contribution in [0.1, 0.15) is 16.8 Å². The van der Waals surface area contributed by atoms with E-state index in [-0.39, 0.29) is 23.6 Å². The van der Waals surface area contributed by atoms with Crippen LogP contribution in [0.2, 0.25) is 0 Å². The number of nitrogens with two attached hydrogens (primary N) is 1. The van der Waals surface area contributed by atoms with Crippen LogP contribution < -0.4 is 11.1 Å². The zero-order valence-corrected chi connectivity index (χ0v) is 12.3. The lowest BCUT2D eigenvalue weighted by Gasteiger charge is -2.24. The molecule has 0 aliphatic carbocycles. The Morgan fingerprint density at radius 2 is 2.20 bits per heavy atom. The monoisotopic (exact) mass is 293 g/mol. The van der Waals surface area contributed by atoms with Gasteiger partial charge < -0.3 is 16.0 Å². The lowest BCUT2D eigenvalue weighted by atomic mass is 10.1. The van der Waals surface area contributed by atoms with Crippen LogP contribution in [0.25, 0.3) is 0 Å². The normalized spacial score (nSPS) is 17.9. The van der Waals surface area contributed by atoms with Crippen LogP contribution in [0.5, 0.6) is 0 Å². The molecule has 5 nitrogen and oxygen atoms in total. The van der Waals surface area contributed by atoms with Crippen LogP contribution in [-0.4, -0.2) is 48.6 Å². The Labute approximate surface area is 122 Å². The summed E-state index contributed by atoms with van der Waals surface area (Å²) in [5.41, 5.74) is 5.79. The van der Waals surface area contributed by atoms with Crippen molar-refractivity contribution in [2.24, 2.45) is 5.73 Å².